The fourth-order valence-corrected chi connectivity index (χ4v) is 4.38. The summed E-state index contributed by atoms with van der Waals surface area (Å²) in [6.07, 6.45) is 0. The van der Waals surface area contributed by atoms with Crippen LogP contribution in [0, 0.1) is 0 Å². The van der Waals surface area contributed by atoms with Crippen molar-refractivity contribution >= 4 is 34.1 Å². The van der Waals surface area contributed by atoms with Gasteiger partial charge in [0.05, 0.1) is 0 Å². The minimum Gasteiger partial charge on any atom is -0.399 e. The van der Waals surface area contributed by atoms with Crippen LogP contribution in [0.5, 0.6) is 0 Å². The largest absolute Gasteiger partial charge is 0.399 e. The highest BCUT2D eigenvalue weighted by atomic mass is 15.1. The van der Waals surface area contributed by atoms with Gasteiger partial charge < -0.3 is 21.3 Å². The minimum absolute atomic E-state index is 0.745. The third-order valence-electron chi connectivity index (χ3n) is 6.22. The van der Waals surface area contributed by atoms with E-state index in [0.29, 0.717) is 0 Å². The van der Waals surface area contributed by atoms with Gasteiger partial charge in [0.2, 0.25) is 0 Å². The minimum atomic E-state index is 0.745. The lowest BCUT2D eigenvalue weighted by molar-refractivity contribution is 0.945. The first-order chi connectivity index (χ1) is 17.7. The second kappa shape index (κ2) is 10.7. The highest BCUT2D eigenvalue weighted by Gasteiger charge is 2.13. The van der Waals surface area contributed by atoms with Crippen LogP contribution in [0.15, 0.2) is 133 Å². The summed E-state index contributed by atoms with van der Waals surface area (Å²) in [6.45, 7) is 1.49. The van der Waals surface area contributed by atoms with Gasteiger partial charge in [0.25, 0.3) is 0 Å². The van der Waals surface area contributed by atoms with Crippen LogP contribution in [-0.2, 0) is 13.1 Å². The van der Waals surface area contributed by atoms with Gasteiger partial charge in [0, 0.05) is 47.2 Å². The maximum absolute atomic E-state index is 5.96. The van der Waals surface area contributed by atoms with E-state index in [1.807, 2.05) is 36.4 Å². The first kappa shape index (κ1) is 23.1. The molecular formula is C32H30N4. The van der Waals surface area contributed by atoms with Crippen molar-refractivity contribution in [3.8, 4) is 0 Å². The molecule has 5 rings (SSSR count). The first-order valence-electron chi connectivity index (χ1n) is 12.1. The van der Waals surface area contributed by atoms with E-state index in [0.717, 1.165) is 47.2 Å². The summed E-state index contributed by atoms with van der Waals surface area (Å²) in [5, 5.41) is 0. The van der Waals surface area contributed by atoms with Crippen molar-refractivity contribution < 1.29 is 0 Å². The number of benzene rings is 5. The van der Waals surface area contributed by atoms with E-state index in [1.54, 1.807) is 0 Å². The molecule has 0 bridgehead atoms. The SMILES string of the molecule is Nc1ccc(N(Cc2cccc(CN(c3ccccc3)c3ccc(N)cc3)c2)c2ccccc2)cc1. The molecule has 0 aliphatic rings. The normalized spacial score (nSPS) is 10.7. The van der Waals surface area contributed by atoms with Gasteiger partial charge in [0.15, 0.2) is 0 Å². The summed E-state index contributed by atoms with van der Waals surface area (Å²) in [6, 6.07) is 45.8. The van der Waals surface area contributed by atoms with Crippen LogP contribution in [0.4, 0.5) is 34.1 Å². The summed E-state index contributed by atoms with van der Waals surface area (Å²) >= 11 is 0. The predicted molar refractivity (Wildman–Crippen MR) is 153 cm³/mol. The fraction of sp³-hybridized carbons (Fsp3) is 0.0625. The molecule has 4 heteroatoms. The zero-order valence-corrected chi connectivity index (χ0v) is 20.2. The smallest absolute Gasteiger partial charge is 0.0481 e. The molecule has 0 radical (unpaired) electrons. The average Bonchev–Trinajstić information content (AvgIpc) is 2.93. The molecule has 0 unspecified atom stereocenters. The van der Waals surface area contributed by atoms with E-state index in [9.17, 15) is 0 Å². The lowest BCUT2D eigenvalue weighted by Gasteiger charge is -2.27. The Hall–Kier alpha value is -4.70. The standard InChI is InChI=1S/C32H30N4/c33-27-14-18-31(19-15-27)35(29-10-3-1-4-11-29)23-25-8-7-9-26(22-25)24-36(30-12-5-2-6-13-30)32-20-16-28(34)17-21-32/h1-22H,23-24,33-34H2. The number of nitrogens with two attached hydrogens (primary N) is 2. The van der Waals surface area contributed by atoms with Gasteiger partial charge in [-0.15, -0.1) is 0 Å². The van der Waals surface area contributed by atoms with E-state index in [1.165, 1.54) is 11.1 Å². The molecule has 4 nitrogen and oxygen atoms in total. The topological polar surface area (TPSA) is 58.5 Å². The van der Waals surface area contributed by atoms with E-state index in [2.05, 4.69) is 107 Å². The summed E-state index contributed by atoms with van der Waals surface area (Å²) in [5.41, 5.74) is 20.4. The van der Waals surface area contributed by atoms with Crippen LogP contribution in [-0.4, -0.2) is 0 Å². The molecule has 36 heavy (non-hydrogen) atoms. The number of anilines is 6. The van der Waals surface area contributed by atoms with Crippen molar-refractivity contribution in [1.82, 2.24) is 0 Å². The van der Waals surface area contributed by atoms with E-state index in [4.69, 9.17) is 11.5 Å². The highest BCUT2D eigenvalue weighted by molar-refractivity contribution is 5.66. The molecule has 178 valence electrons. The monoisotopic (exact) mass is 470 g/mol. The number of hydrogen-bond acceptors (Lipinski definition) is 4. The van der Waals surface area contributed by atoms with Gasteiger partial charge in [-0.3, -0.25) is 0 Å². The van der Waals surface area contributed by atoms with Crippen molar-refractivity contribution in [1.29, 1.82) is 0 Å². The Kier molecular flexibility index (Phi) is 6.86. The Bertz CT molecular complexity index is 1280. The molecule has 0 aliphatic carbocycles. The van der Waals surface area contributed by atoms with Gasteiger partial charge in [-0.2, -0.15) is 0 Å². The van der Waals surface area contributed by atoms with Crippen molar-refractivity contribution in [3.05, 3.63) is 145 Å². The van der Waals surface area contributed by atoms with Crippen LogP contribution in [0.1, 0.15) is 11.1 Å². The molecular weight excluding hydrogens is 440 g/mol. The number of nitrogens with zero attached hydrogens (tertiary/aromatic N) is 2. The molecule has 5 aromatic carbocycles. The Balaban J connectivity index is 1.45. The molecule has 0 aromatic heterocycles. The molecule has 0 spiro atoms. The van der Waals surface area contributed by atoms with Crippen LogP contribution in [0.25, 0.3) is 0 Å². The van der Waals surface area contributed by atoms with Gasteiger partial charge >= 0.3 is 0 Å². The third kappa shape index (κ3) is 5.50. The number of rotatable bonds is 8. The molecule has 0 amide bonds. The van der Waals surface area contributed by atoms with Crippen LogP contribution in [0.2, 0.25) is 0 Å². The Morgan fingerprint density at radius 3 is 1.14 bits per heavy atom. The molecule has 0 aliphatic heterocycles. The van der Waals surface area contributed by atoms with Crippen molar-refractivity contribution in [2.45, 2.75) is 13.1 Å². The third-order valence-corrected chi connectivity index (χ3v) is 6.22. The molecule has 5 aromatic rings. The first-order valence-corrected chi connectivity index (χ1v) is 12.1. The number of hydrogen-bond donors (Lipinski definition) is 2. The fourth-order valence-electron chi connectivity index (χ4n) is 4.38. The molecule has 0 atom stereocenters. The predicted octanol–water partition coefficient (Wildman–Crippen LogP) is 7.53. The summed E-state index contributed by atoms with van der Waals surface area (Å²) in [7, 11) is 0. The molecule has 4 N–H and O–H groups in total. The molecule has 0 saturated heterocycles. The summed E-state index contributed by atoms with van der Waals surface area (Å²) in [5.74, 6) is 0. The van der Waals surface area contributed by atoms with Gasteiger partial charge in [0.1, 0.15) is 0 Å². The molecule has 0 saturated carbocycles. The maximum atomic E-state index is 5.96. The lowest BCUT2D eigenvalue weighted by atomic mass is 10.1. The number of para-hydroxylation sites is 2. The maximum Gasteiger partial charge on any atom is 0.0481 e. The van der Waals surface area contributed by atoms with Crippen LogP contribution >= 0.6 is 0 Å². The van der Waals surface area contributed by atoms with Crippen LogP contribution < -0.4 is 21.3 Å². The van der Waals surface area contributed by atoms with E-state index in [-0.39, 0.29) is 0 Å². The molecule has 0 heterocycles. The van der Waals surface area contributed by atoms with Crippen molar-refractivity contribution in [2.75, 3.05) is 21.3 Å². The van der Waals surface area contributed by atoms with Crippen LogP contribution in [0.3, 0.4) is 0 Å². The van der Waals surface area contributed by atoms with Gasteiger partial charge in [-0.25, -0.2) is 0 Å². The Morgan fingerprint density at radius 1 is 0.389 bits per heavy atom. The van der Waals surface area contributed by atoms with E-state index < -0.39 is 0 Å². The number of nitrogen functional groups attached to an aromatic ring is 2. The van der Waals surface area contributed by atoms with Crippen molar-refractivity contribution in [3.63, 3.8) is 0 Å². The quantitative estimate of drug-likeness (QED) is 0.230. The van der Waals surface area contributed by atoms with Gasteiger partial charge in [-0.1, -0.05) is 60.7 Å². The lowest BCUT2D eigenvalue weighted by Crippen LogP contribution is -2.18. The van der Waals surface area contributed by atoms with Gasteiger partial charge in [-0.05, 0) is 83.9 Å². The zero-order chi connectivity index (χ0) is 24.7. The summed E-state index contributed by atoms with van der Waals surface area (Å²) in [4.78, 5) is 4.63. The molecule has 0 fully saturated rings. The highest BCUT2D eigenvalue weighted by Crippen LogP contribution is 2.30. The van der Waals surface area contributed by atoms with Crippen molar-refractivity contribution in [2.24, 2.45) is 0 Å². The second-order valence-corrected chi connectivity index (χ2v) is 8.85. The van der Waals surface area contributed by atoms with E-state index >= 15 is 0 Å². The second-order valence-electron chi connectivity index (χ2n) is 8.85. The summed E-state index contributed by atoms with van der Waals surface area (Å²) < 4.78 is 0. The Morgan fingerprint density at radius 2 is 0.750 bits per heavy atom. The zero-order valence-electron chi connectivity index (χ0n) is 20.2. The average molecular weight is 471 g/mol. The Labute approximate surface area is 213 Å².